The third-order valence-electron chi connectivity index (χ3n) is 6.38. The molecule has 0 aliphatic heterocycles. The highest BCUT2D eigenvalue weighted by atomic mass is 35.5. The normalized spacial score (nSPS) is 18.7. The van der Waals surface area contributed by atoms with Crippen molar-refractivity contribution in [3.8, 4) is 0 Å². The molecule has 2 heterocycles. The number of alkyl halides is 3. The lowest BCUT2D eigenvalue weighted by molar-refractivity contribution is -0.140. The molecule has 0 atom stereocenters. The highest BCUT2D eigenvalue weighted by Crippen LogP contribution is 2.35. The average Bonchev–Trinajstić information content (AvgIpc) is 3.23. The first-order chi connectivity index (χ1) is 16.7. The van der Waals surface area contributed by atoms with Gasteiger partial charge < -0.3 is 10.6 Å². The zero-order valence-corrected chi connectivity index (χ0v) is 20.4. The molecule has 0 spiro atoms. The van der Waals surface area contributed by atoms with Crippen molar-refractivity contribution in [3.63, 3.8) is 0 Å². The number of anilines is 1. The Morgan fingerprint density at radius 2 is 1.77 bits per heavy atom. The van der Waals surface area contributed by atoms with Gasteiger partial charge in [0.15, 0.2) is 0 Å². The van der Waals surface area contributed by atoms with E-state index in [0.717, 1.165) is 47.4 Å². The Morgan fingerprint density at radius 3 is 2.51 bits per heavy atom. The molecule has 0 bridgehead atoms. The maximum atomic E-state index is 13.4. The zero-order chi connectivity index (χ0) is 24.7. The predicted molar refractivity (Wildman–Crippen MR) is 135 cm³/mol. The fraction of sp³-hybridized carbons (Fsp3) is 0.308. The minimum Gasteiger partial charge on any atom is -0.382 e. The topological polar surface area (TPSA) is 54.0 Å². The van der Waals surface area contributed by atoms with Crippen LogP contribution in [0, 0.1) is 6.92 Å². The molecule has 4 aromatic rings. The Bertz CT molecular complexity index is 1410. The number of fused-ring (bicyclic) bond motifs is 2. The summed E-state index contributed by atoms with van der Waals surface area (Å²) in [7, 11) is 0. The number of aryl methyl sites for hydroxylation is 1. The van der Waals surface area contributed by atoms with Gasteiger partial charge in [-0.15, -0.1) is 11.3 Å². The molecule has 1 aliphatic carbocycles. The number of nitrogens with one attached hydrogen (secondary N) is 2. The van der Waals surface area contributed by atoms with Crippen LogP contribution in [0.25, 0.3) is 21.0 Å². The number of pyridine rings is 1. The van der Waals surface area contributed by atoms with E-state index in [1.165, 1.54) is 23.5 Å². The Kier molecular flexibility index (Phi) is 6.36. The molecule has 0 saturated heterocycles. The van der Waals surface area contributed by atoms with Gasteiger partial charge in [0, 0.05) is 32.9 Å². The van der Waals surface area contributed by atoms with Crippen LogP contribution in [0.2, 0.25) is 5.02 Å². The summed E-state index contributed by atoms with van der Waals surface area (Å²) >= 11 is 7.58. The summed E-state index contributed by atoms with van der Waals surface area (Å²) in [6.45, 7) is 2.03. The van der Waals surface area contributed by atoms with E-state index in [4.69, 9.17) is 11.6 Å². The van der Waals surface area contributed by atoms with Crippen molar-refractivity contribution >= 4 is 55.5 Å². The first-order valence-corrected chi connectivity index (χ1v) is 12.6. The molecule has 2 aromatic heterocycles. The average molecular weight is 518 g/mol. The van der Waals surface area contributed by atoms with Gasteiger partial charge in [-0.05, 0) is 80.0 Å². The lowest BCUT2D eigenvalue weighted by Crippen LogP contribution is -2.40. The molecular weight excluding hydrogens is 495 g/mol. The van der Waals surface area contributed by atoms with E-state index in [9.17, 15) is 18.0 Å². The molecule has 1 saturated carbocycles. The van der Waals surface area contributed by atoms with Crippen molar-refractivity contribution in [2.24, 2.45) is 0 Å². The van der Waals surface area contributed by atoms with E-state index in [1.54, 1.807) is 6.07 Å². The monoisotopic (exact) mass is 517 g/mol. The molecule has 2 N–H and O–H groups in total. The lowest BCUT2D eigenvalue weighted by atomic mass is 9.90. The summed E-state index contributed by atoms with van der Waals surface area (Å²) < 4.78 is 41.3. The first kappa shape index (κ1) is 23.9. The lowest BCUT2D eigenvalue weighted by Gasteiger charge is -2.30. The quantitative estimate of drug-likeness (QED) is 0.293. The van der Waals surface area contributed by atoms with Gasteiger partial charge in [0.05, 0.1) is 10.4 Å². The Labute approximate surface area is 209 Å². The number of thiophene rings is 1. The van der Waals surface area contributed by atoms with E-state index in [1.807, 2.05) is 25.1 Å². The molecule has 1 amide bonds. The molecule has 2 aromatic carbocycles. The molecule has 0 unspecified atom stereocenters. The van der Waals surface area contributed by atoms with Crippen LogP contribution < -0.4 is 10.6 Å². The molecule has 9 heteroatoms. The number of hydrogen-bond donors (Lipinski definition) is 2. The number of benzene rings is 2. The van der Waals surface area contributed by atoms with Gasteiger partial charge in [0.2, 0.25) is 0 Å². The number of amides is 1. The van der Waals surface area contributed by atoms with Crippen molar-refractivity contribution in [2.45, 2.75) is 50.9 Å². The summed E-state index contributed by atoms with van der Waals surface area (Å²) in [6.07, 6.45) is -1.62. The molecule has 5 rings (SSSR count). The number of nitrogens with zero attached hydrogens (tertiary/aromatic N) is 1. The minimum absolute atomic E-state index is 0.0129. The van der Waals surface area contributed by atoms with E-state index in [2.05, 4.69) is 21.7 Å². The molecular formula is C26H23ClF3N3OS. The van der Waals surface area contributed by atoms with Crippen molar-refractivity contribution < 1.29 is 18.0 Å². The van der Waals surface area contributed by atoms with Gasteiger partial charge in [-0.2, -0.15) is 13.2 Å². The van der Waals surface area contributed by atoms with Gasteiger partial charge >= 0.3 is 6.18 Å². The number of aromatic nitrogens is 1. The van der Waals surface area contributed by atoms with Gasteiger partial charge in [0.25, 0.3) is 5.91 Å². The fourth-order valence-corrected chi connectivity index (χ4v) is 5.81. The van der Waals surface area contributed by atoms with Crippen LogP contribution in [0.15, 0.2) is 48.5 Å². The van der Waals surface area contributed by atoms with Crippen molar-refractivity contribution in [1.29, 1.82) is 0 Å². The summed E-state index contributed by atoms with van der Waals surface area (Å²) in [6, 6.07) is 13.8. The molecule has 0 radical (unpaired) electrons. The molecule has 1 fully saturated rings. The van der Waals surface area contributed by atoms with Gasteiger partial charge in [0.1, 0.15) is 5.69 Å². The largest absolute Gasteiger partial charge is 0.433 e. The third-order valence-corrected chi connectivity index (χ3v) is 7.71. The third kappa shape index (κ3) is 5.23. The van der Waals surface area contributed by atoms with E-state index in [-0.39, 0.29) is 23.5 Å². The first-order valence-electron chi connectivity index (χ1n) is 11.4. The molecule has 1 aliphatic rings. The number of carbonyl (C=O) groups excluding carboxylic acids is 1. The maximum absolute atomic E-state index is 13.4. The summed E-state index contributed by atoms with van der Waals surface area (Å²) in [5, 5.41) is 8.46. The maximum Gasteiger partial charge on any atom is 0.433 e. The number of carbonyl (C=O) groups is 1. The van der Waals surface area contributed by atoms with Gasteiger partial charge in [-0.1, -0.05) is 23.7 Å². The SMILES string of the molecule is Cc1ccc2cc(C(=O)N[C@H]3CC[C@@H](Nc4cc(C(F)(F)F)nc5ccc(Cl)cc45)CC3)sc2c1. The number of halogens is 4. The summed E-state index contributed by atoms with van der Waals surface area (Å²) in [4.78, 5) is 17.3. The second-order valence-corrected chi connectivity index (χ2v) is 10.6. The minimum atomic E-state index is -4.54. The van der Waals surface area contributed by atoms with Crippen LogP contribution in [-0.4, -0.2) is 23.0 Å². The van der Waals surface area contributed by atoms with Crippen LogP contribution in [0.4, 0.5) is 18.9 Å². The second-order valence-electron chi connectivity index (χ2n) is 9.03. The smallest absolute Gasteiger partial charge is 0.382 e. The van der Waals surface area contributed by atoms with Crippen LogP contribution in [0.1, 0.15) is 46.6 Å². The van der Waals surface area contributed by atoms with Crippen LogP contribution in [0.3, 0.4) is 0 Å². The molecule has 182 valence electrons. The number of hydrogen-bond acceptors (Lipinski definition) is 4. The van der Waals surface area contributed by atoms with Crippen molar-refractivity contribution in [3.05, 3.63) is 69.7 Å². The van der Waals surface area contributed by atoms with Crippen molar-refractivity contribution in [1.82, 2.24) is 10.3 Å². The van der Waals surface area contributed by atoms with Crippen molar-refractivity contribution in [2.75, 3.05) is 5.32 Å². The molecule has 4 nitrogen and oxygen atoms in total. The second kappa shape index (κ2) is 9.32. The Balaban J connectivity index is 1.26. The van der Waals surface area contributed by atoms with E-state index >= 15 is 0 Å². The van der Waals surface area contributed by atoms with Crippen LogP contribution in [-0.2, 0) is 6.18 Å². The fourth-order valence-electron chi connectivity index (χ4n) is 4.57. The number of rotatable bonds is 4. The highest BCUT2D eigenvalue weighted by molar-refractivity contribution is 7.20. The van der Waals surface area contributed by atoms with Gasteiger partial charge in [-0.3, -0.25) is 4.79 Å². The predicted octanol–water partition coefficient (Wildman–Crippen LogP) is 7.58. The molecule has 35 heavy (non-hydrogen) atoms. The highest BCUT2D eigenvalue weighted by Gasteiger charge is 2.34. The van der Waals surface area contributed by atoms with E-state index < -0.39 is 11.9 Å². The zero-order valence-electron chi connectivity index (χ0n) is 18.9. The van der Waals surface area contributed by atoms with Crippen LogP contribution >= 0.6 is 22.9 Å². The standard InChI is InChI=1S/C26H23ClF3N3OS/c1-14-2-3-15-11-23(35-22(15)10-14)25(34)32-18-7-5-17(6-8-18)31-21-13-24(26(28,29)30)33-20-9-4-16(27)12-19(20)21/h2-4,9-13,17-18H,5-8H2,1H3,(H,31,33)(H,32,34)/t17-,18+. The Hall–Kier alpha value is -2.84. The van der Waals surface area contributed by atoms with Gasteiger partial charge in [-0.25, -0.2) is 4.98 Å². The summed E-state index contributed by atoms with van der Waals surface area (Å²) in [5.74, 6) is -0.0788. The van der Waals surface area contributed by atoms with E-state index in [0.29, 0.717) is 21.0 Å². The summed E-state index contributed by atoms with van der Waals surface area (Å²) in [5.41, 5.74) is 0.835. The Morgan fingerprint density at radius 1 is 1.03 bits per heavy atom. The van der Waals surface area contributed by atoms with Crippen LogP contribution in [0.5, 0.6) is 0 Å².